The summed E-state index contributed by atoms with van der Waals surface area (Å²) in [6.07, 6.45) is 1.73. The topological polar surface area (TPSA) is 34.4 Å². The molecule has 1 atom stereocenters. The van der Waals surface area contributed by atoms with Crippen molar-refractivity contribution < 1.29 is 9.15 Å². The maximum absolute atomic E-state index is 5.22. The Morgan fingerprint density at radius 1 is 1.60 bits per heavy atom. The number of aryl methyl sites for hydroxylation is 1. The molecular formula is C11H19NO2S. The fourth-order valence-corrected chi connectivity index (χ4v) is 2.14. The molecule has 0 amide bonds. The number of ether oxygens (including phenoxy) is 1. The lowest BCUT2D eigenvalue weighted by atomic mass is 10.4. The Labute approximate surface area is 95.6 Å². The van der Waals surface area contributed by atoms with E-state index >= 15 is 0 Å². The smallest absolute Gasteiger partial charge is 0.114 e. The molecule has 3 nitrogen and oxygen atoms in total. The van der Waals surface area contributed by atoms with Crippen LogP contribution in [0.5, 0.6) is 0 Å². The molecule has 0 aromatic carbocycles. The number of hydrogen-bond donors (Lipinski definition) is 1. The third-order valence-corrected chi connectivity index (χ3v) is 3.22. The van der Waals surface area contributed by atoms with Gasteiger partial charge in [0.05, 0.1) is 12.9 Å². The molecule has 1 unspecified atom stereocenters. The molecule has 1 rings (SSSR count). The summed E-state index contributed by atoms with van der Waals surface area (Å²) >= 11 is 1.82. The van der Waals surface area contributed by atoms with Gasteiger partial charge >= 0.3 is 0 Å². The number of thioether (sulfide) groups is 1. The van der Waals surface area contributed by atoms with E-state index in [2.05, 4.69) is 12.2 Å². The van der Waals surface area contributed by atoms with Crippen LogP contribution in [0.4, 0.5) is 0 Å². The normalized spacial score (nSPS) is 13.0. The van der Waals surface area contributed by atoms with Crippen molar-refractivity contribution in [1.82, 2.24) is 5.32 Å². The van der Waals surface area contributed by atoms with E-state index in [1.54, 1.807) is 13.4 Å². The average molecular weight is 229 g/mol. The van der Waals surface area contributed by atoms with Crippen molar-refractivity contribution in [2.45, 2.75) is 24.8 Å². The first-order valence-corrected chi connectivity index (χ1v) is 6.11. The lowest BCUT2D eigenvalue weighted by Gasteiger charge is -2.11. The SMILES string of the molecule is COCC(C)NCCSc1ccoc1C. The molecule has 0 fully saturated rings. The van der Waals surface area contributed by atoms with Crippen LogP contribution in [0.15, 0.2) is 21.6 Å². The van der Waals surface area contributed by atoms with Gasteiger partial charge < -0.3 is 14.5 Å². The van der Waals surface area contributed by atoms with E-state index in [9.17, 15) is 0 Å². The maximum atomic E-state index is 5.22. The van der Waals surface area contributed by atoms with Gasteiger partial charge in [0.1, 0.15) is 5.76 Å². The Morgan fingerprint density at radius 3 is 3.00 bits per heavy atom. The van der Waals surface area contributed by atoms with E-state index < -0.39 is 0 Å². The number of nitrogens with one attached hydrogen (secondary N) is 1. The van der Waals surface area contributed by atoms with E-state index in [1.807, 2.05) is 24.8 Å². The van der Waals surface area contributed by atoms with Crippen LogP contribution in [0.25, 0.3) is 0 Å². The summed E-state index contributed by atoms with van der Waals surface area (Å²) in [5.41, 5.74) is 0. The van der Waals surface area contributed by atoms with Gasteiger partial charge in [0.25, 0.3) is 0 Å². The molecule has 0 aliphatic heterocycles. The second-order valence-electron chi connectivity index (χ2n) is 3.50. The van der Waals surface area contributed by atoms with Crippen molar-refractivity contribution in [1.29, 1.82) is 0 Å². The summed E-state index contributed by atoms with van der Waals surface area (Å²) < 4.78 is 10.3. The van der Waals surface area contributed by atoms with Crippen molar-refractivity contribution in [3.63, 3.8) is 0 Å². The summed E-state index contributed by atoms with van der Waals surface area (Å²) in [6.45, 7) is 5.86. The lowest BCUT2D eigenvalue weighted by molar-refractivity contribution is 0.173. The molecule has 0 aliphatic rings. The first kappa shape index (κ1) is 12.6. The van der Waals surface area contributed by atoms with Gasteiger partial charge in [-0.1, -0.05) is 0 Å². The summed E-state index contributed by atoms with van der Waals surface area (Å²) in [6, 6.07) is 2.43. The van der Waals surface area contributed by atoms with Crippen LogP contribution in [-0.2, 0) is 4.74 Å². The zero-order valence-corrected chi connectivity index (χ0v) is 10.4. The zero-order chi connectivity index (χ0) is 11.1. The van der Waals surface area contributed by atoms with Gasteiger partial charge in [-0.15, -0.1) is 11.8 Å². The van der Waals surface area contributed by atoms with E-state index in [1.165, 1.54) is 4.90 Å². The number of furan rings is 1. The van der Waals surface area contributed by atoms with Gasteiger partial charge in [0, 0.05) is 30.3 Å². The highest BCUT2D eigenvalue weighted by molar-refractivity contribution is 7.99. The number of methoxy groups -OCH3 is 1. The Kier molecular flexibility index (Phi) is 5.83. The summed E-state index contributed by atoms with van der Waals surface area (Å²) in [5.74, 6) is 2.05. The second-order valence-corrected chi connectivity index (χ2v) is 4.64. The van der Waals surface area contributed by atoms with Crippen LogP contribution in [0.2, 0.25) is 0 Å². The van der Waals surface area contributed by atoms with E-state index in [4.69, 9.17) is 9.15 Å². The molecule has 0 spiro atoms. The van der Waals surface area contributed by atoms with Crippen molar-refractivity contribution in [2.24, 2.45) is 0 Å². The number of hydrogen-bond acceptors (Lipinski definition) is 4. The van der Waals surface area contributed by atoms with Crippen molar-refractivity contribution in [3.8, 4) is 0 Å². The molecule has 0 bridgehead atoms. The third kappa shape index (κ3) is 4.73. The highest BCUT2D eigenvalue weighted by atomic mass is 32.2. The highest BCUT2D eigenvalue weighted by Gasteiger charge is 2.02. The Hall–Kier alpha value is -0.450. The molecule has 15 heavy (non-hydrogen) atoms. The predicted molar refractivity (Wildman–Crippen MR) is 63.5 cm³/mol. The average Bonchev–Trinajstić information content (AvgIpc) is 2.60. The van der Waals surface area contributed by atoms with Crippen LogP contribution < -0.4 is 5.32 Å². The number of rotatable bonds is 7. The Balaban J connectivity index is 2.09. The minimum atomic E-state index is 0.418. The molecular weight excluding hydrogens is 210 g/mol. The summed E-state index contributed by atoms with van der Waals surface area (Å²) in [5, 5.41) is 3.39. The zero-order valence-electron chi connectivity index (χ0n) is 9.58. The molecule has 1 aromatic rings. The van der Waals surface area contributed by atoms with Crippen molar-refractivity contribution >= 4 is 11.8 Å². The van der Waals surface area contributed by atoms with E-state index in [0.717, 1.165) is 24.7 Å². The fraction of sp³-hybridized carbons (Fsp3) is 0.636. The molecule has 0 saturated heterocycles. The molecule has 0 saturated carbocycles. The van der Waals surface area contributed by atoms with Crippen LogP contribution in [0.1, 0.15) is 12.7 Å². The summed E-state index contributed by atoms with van der Waals surface area (Å²) in [4.78, 5) is 1.23. The Morgan fingerprint density at radius 2 is 2.40 bits per heavy atom. The molecule has 1 aromatic heterocycles. The predicted octanol–water partition coefficient (Wildman–Crippen LogP) is 2.30. The lowest BCUT2D eigenvalue weighted by Crippen LogP contribution is -2.31. The van der Waals surface area contributed by atoms with Gasteiger partial charge in [0.2, 0.25) is 0 Å². The molecule has 86 valence electrons. The second kappa shape index (κ2) is 6.93. The molecule has 1 heterocycles. The largest absolute Gasteiger partial charge is 0.468 e. The minimum absolute atomic E-state index is 0.418. The maximum Gasteiger partial charge on any atom is 0.114 e. The molecule has 0 radical (unpaired) electrons. The van der Waals surface area contributed by atoms with E-state index in [-0.39, 0.29) is 0 Å². The Bertz CT molecular complexity index is 275. The van der Waals surface area contributed by atoms with Gasteiger partial charge in [-0.25, -0.2) is 0 Å². The quantitative estimate of drug-likeness (QED) is 0.575. The monoisotopic (exact) mass is 229 g/mol. The van der Waals surface area contributed by atoms with Crippen LogP contribution in [-0.4, -0.2) is 32.1 Å². The highest BCUT2D eigenvalue weighted by Crippen LogP contribution is 2.22. The van der Waals surface area contributed by atoms with Gasteiger partial charge in [-0.05, 0) is 19.9 Å². The van der Waals surface area contributed by atoms with Gasteiger partial charge in [-0.2, -0.15) is 0 Å². The van der Waals surface area contributed by atoms with Crippen molar-refractivity contribution in [3.05, 3.63) is 18.1 Å². The van der Waals surface area contributed by atoms with E-state index in [0.29, 0.717) is 6.04 Å². The van der Waals surface area contributed by atoms with Gasteiger partial charge in [-0.3, -0.25) is 0 Å². The van der Waals surface area contributed by atoms with Crippen LogP contribution in [0, 0.1) is 6.92 Å². The van der Waals surface area contributed by atoms with Crippen LogP contribution >= 0.6 is 11.8 Å². The van der Waals surface area contributed by atoms with Crippen molar-refractivity contribution in [2.75, 3.05) is 26.0 Å². The molecule has 4 heteroatoms. The third-order valence-electron chi connectivity index (χ3n) is 2.08. The van der Waals surface area contributed by atoms with Crippen LogP contribution in [0.3, 0.4) is 0 Å². The first-order chi connectivity index (χ1) is 7.24. The molecule has 1 N–H and O–H groups in total. The standard InChI is InChI=1S/C11H19NO2S/c1-9(8-13-3)12-5-7-15-11-4-6-14-10(11)2/h4,6,9,12H,5,7-8H2,1-3H3. The minimum Gasteiger partial charge on any atom is -0.468 e. The first-order valence-electron chi connectivity index (χ1n) is 5.13. The fourth-order valence-electron chi connectivity index (χ4n) is 1.30. The van der Waals surface area contributed by atoms with Gasteiger partial charge in [0.15, 0.2) is 0 Å². The summed E-state index contributed by atoms with van der Waals surface area (Å²) in [7, 11) is 1.72. The molecule has 0 aliphatic carbocycles.